The molecule has 0 amide bonds. The lowest BCUT2D eigenvalue weighted by molar-refractivity contribution is 0.355. The molecule has 0 aliphatic carbocycles. The second-order valence-electron chi connectivity index (χ2n) is 5.72. The number of imidazole rings is 1. The van der Waals surface area contributed by atoms with E-state index in [-0.39, 0.29) is 0 Å². The first-order chi connectivity index (χ1) is 8.42. The van der Waals surface area contributed by atoms with Gasteiger partial charge in [-0.1, -0.05) is 13.8 Å². The Balaban J connectivity index is 2.74. The van der Waals surface area contributed by atoms with Crippen LogP contribution in [0.4, 0.5) is 5.95 Å². The maximum atomic E-state index is 4.57. The van der Waals surface area contributed by atoms with Crippen LogP contribution < -0.4 is 5.32 Å². The fourth-order valence-electron chi connectivity index (χ4n) is 2.27. The Morgan fingerprint density at radius 2 is 2.06 bits per heavy atom. The summed E-state index contributed by atoms with van der Waals surface area (Å²) < 4.78 is 2.18. The fourth-order valence-corrected chi connectivity index (χ4v) is 2.27. The van der Waals surface area contributed by atoms with E-state index in [2.05, 4.69) is 60.8 Å². The van der Waals surface area contributed by atoms with E-state index >= 15 is 0 Å². The number of likely N-dealkylation sites (N-methyl/N-ethyl adjacent to an activating group) is 1. The summed E-state index contributed by atoms with van der Waals surface area (Å²) in [5.41, 5.74) is 1.08. The SMILES string of the molecule is CCn1cc(C)nc1NC(CC(C)C)CN(C)C. The molecule has 0 saturated heterocycles. The first-order valence-corrected chi connectivity index (χ1v) is 6.87. The van der Waals surface area contributed by atoms with Gasteiger partial charge in [-0.15, -0.1) is 0 Å². The molecule has 0 aliphatic rings. The first kappa shape index (κ1) is 15.0. The van der Waals surface area contributed by atoms with Crippen molar-refractivity contribution in [3.63, 3.8) is 0 Å². The quantitative estimate of drug-likeness (QED) is 0.810. The van der Waals surface area contributed by atoms with Gasteiger partial charge in [-0.2, -0.15) is 0 Å². The van der Waals surface area contributed by atoms with Crippen molar-refractivity contribution in [2.45, 2.75) is 46.7 Å². The third kappa shape index (κ3) is 4.69. The van der Waals surface area contributed by atoms with Crippen LogP contribution in [0.2, 0.25) is 0 Å². The van der Waals surface area contributed by atoms with Crippen LogP contribution in [0, 0.1) is 12.8 Å². The molecule has 1 aromatic rings. The highest BCUT2D eigenvalue weighted by atomic mass is 15.2. The van der Waals surface area contributed by atoms with Crippen molar-refractivity contribution >= 4 is 5.95 Å². The smallest absolute Gasteiger partial charge is 0.203 e. The molecule has 1 aromatic heterocycles. The average Bonchev–Trinajstić information content (AvgIpc) is 2.56. The summed E-state index contributed by atoms with van der Waals surface area (Å²) >= 11 is 0. The summed E-state index contributed by atoms with van der Waals surface area (Å²) in [6, 6.07) is 0.451. The number of aromatic nitrogens is 2. The minimum absolute atomic E-state index is 0.451. The van der Waals surface area contributed by atoms with Crippen molar-refractivity contribution in [2.24, 2.45) is 5.92 Å². The van der Waals surface area contributed by atoms with E-state index in [4.69, 9.17) is 0 Å². The van der Waals surface area contributed by atoms with Crippen molar-refractivity contribution in [1.29, 1.82) is 0 Å². The van der Waals surface area contributed by atoms with Gasteiger partial charge in [0, 0.05) is 25.3 Å². The van der Waals surface area contributed by atoms with E-state index in [1.807, 2.05) is 6.92 Å². The van der Waals surface area contributed by atoms with Crippen LogP contribution >= 0.6 is 0 Å². The van der Waals surface area contributed by atoms with E-state index in [0.717, 1.165) is 31.2 Å². The molecule has 1 unspecified atom stereocenters. The van der Waals surface area contributed by atoms with Crippen LogP contribution in [0.1, 0.15) is 32.9 Å². The van der Waals surface area contributed by atoms with Crippen LogP contribution in [0.15, 0.2) is 6.20 Å². The lowest BCUT2D eigenvalue weighted by Crippen LogP contribution is -2.34. The molecule has 18 heavy (non-hydrogen) atoms. The molecule has 1 rings (SSSR count). The molecule has 1 heterocycles. The standard InChI is InChI=1S/C14H28N4/c1-7-18-9-12(4)15-14(18)16-13(8-11(2)3)10-17(5)6/h9,11,13H,7-8,10H2,1-6H3,(H,15,16). The van der Waals surface area contributed by atoms with Crippen LogP contribution in [0.5, 0.6) is 0 Å². The van der Waals surface area contributed by atoms with Crippen molar-refractivity contribution in [3.8, 4) is 0 Å². The van der Waals surface area contributed by atoms with E-state index < -0.39 is 0 Å². The van der Waals surface area contributed by atoms with Gasteiger partial charge in [0.05, 0.1) is 5.69 Å². The third-order valence-corrected chi connectivity index (χ3v) is 2.91. The predicted octanol–water partition coefficient (Wildman–Crippen LogP) is 2.60. The minimum Gasteiger partial charge on any atom is -0.352 e. The molecular weight excluding hydrogens is 224 g/mol. The van der Waals surface area contributed by atoms with Crippen molar-refractivity contribution in [1.82, 2.24) is 14.5 Å². The molecule has 0 fully saturated rings. The summed E-state index contributed by atoms with van der Waals surface area (Å²) in [5, 5.41) is 3.59. The molecule has 0 saturated carbocycles. The van der Waals surface area contributed by atoms with Crippen LogP contribution in [-0.4, -0.2) is 41.1 Å². The Morgan fingerprint density at radius 1 is 1.39 bits per heavy atom. The predicted molar refractivity (Wildman–Crippen MR) is 78.1 cm³/mol. The highest BCUT2D eigenvalue weighted by Gasteiger charge is 2.14. The topological polar surface area (TPSA) is 33.1 Å². The number of aryl methyl sites for hydroxylation is 2. The number of hydrogen-bond acceptors (Lipinski definition) is 3. The molecule has 0 radical (unpaired) electrons. The summed E-state index contributed by atoms with van der Waals surface area (Å²) in [5.74, 6) is 1.69. The summed E-state index contributed by atoms with van der Waals surface area (Å²) in [7, 11) is 4.24. The van der Waals surface area contributed by atoms with Gasteiger partial charge in [-0.3, -0.25) is 0 Å². The average molecular weight is 252 g/mol. The Kier molecular flexibility index (Phi) is 5.66. The van der Waals surface area contributed by atoms with Crippen molar-refractivity contribution in [2.75, 3.05) is 26.0 Å². The monoisotopic (exact) mass is 252 g/mol. The number of hydrogen-bond donors (Lipinski definition) is 1. The van der Waals surface area contributed by atoms with E-state index in [1.165, 1.54) is 0 Å². The zero-order valence-corrected chi connectivity index (χ0v) is 12.7. The van der Waals surface area contributed by atoms with Crippen molar-refractivity contribution < 1.29 is 0 Å². The highest BCUT2D eigenvalue weighted by molar-refractivity contribution is 5.30. The molecule has 0 aromatic carbocycles. The first-order valence-electron chi connectivity index (χ1n) is 6.87. The minimum atomic E-state index is 0.451. The normalized spacial score (nSPS) is 13.3. The van der Waals surface area contributed by atoms with Gasteiger partial charge >= 0.3 is 0 Å². The van der Waals surface area contributed by atoms with Crippen LogP contribution in [0.3, 0.4) is 0 Å². The van der Waals surface area contributed by atoms with E-state index in [1.54, 1.807) is 0 Å². The lowest BCUT2D eigenvalue weighted by Gasteiger charge is -2.24. The van der Waals surface area contributed by atoms with Gasteiger partial charge in [-0.25, -0.2) is 4.98 Å². The number of nitrogens with zero attached hydrogens (tertiary/aromatic N) is 3. The molecule has 4 heteroatoms. The Bertz CT molecular complexity index is 345. The molecule has 1 N–H and O–H groups in total. The molecule has 0 aliphatic heterocycles. The summed E-state index contributed by atoms with van der Waals surface area (Å²) in [6.07, 6.45) is 3.26. The van der Waals surface area contributed by atoms with Gasteiger partial charge in [0.2, 0.25) is 5.95 Å². The van der Waals surface area contributed by atoms with E-state index in [9.17, 15) is 0 Å². The van der Waals surface area contributed by atoms with Crippen LogP contribution in [0.25, 0.3) is 0 Å². The molecule has 1 atom stereocenters. The number of anilines is 1. The molecule has 4 nitrogen and oxygen atoms in total. The Hall–Kier alpha value is -1.03. The maximum Gasteiger partial charge on any atom is 0.203 e. The largest absolute Gasteiger partial charge is 0.352 e. The third-order valence-electron chi connectivity index (χ3n) is 2.91. The van der Waals surface area contributed by atoms with Gasteiger partial charge in [0.1, 0.15) is 0 Å². The Morgan fingerprint density at radius 3 is 2.56 bits per heavy atom. The lowest BCUT2D eigenvalue weighted by atomic mass is 10.0. The Labute approximate surface area is 111 Å². The maximum absolute atomic E-state index is 4.57. The second kappa shape index (κ2) is 6.78. The molecule has 104 valence electrons. The van der Waals surface area contributed by atoms with Crippen molar-refractivity contribution in [3.05, 3.63) is 11.9 Å². The molecular formula is C14H28N4. The number of rotatable bonds is 7. The van der Waals surface area contributed by atoms with E-state index in [0.29, 0.717) is 12.0 Å². The zero-order chi connectivity index (χ0) is 13.7. The van der Waals surface area contributed by atoms with Gasteiger partial charge < -0.3 is 14.8 Å². The fraction of sp³-hybridized carbons (Fsp3) is 0.786. The number of nitrogens with one attached hydrogen (secondary N) is 1. The van der Waals surface area contributed by atoms with Gasteiger partial charge in [-0.05, 0) is 40.3 Å². The summed E-state index contributed by atoms with van der Waals surface area (Å²) in [6.45, 7) is 10.7. The van der Waals surface area contributed by atoms with Gasteiger partial charge in [0.25, 0.3) is 0 Å². The molecule has 0 bridgehead atoms. The summed E-state index contributed by atoms with van der Waals surface area (Å²) in [4.78, 5) is 6.80. The highest BCUT2D eigenvalue weighted by Crippen LogP contribution is 2.14. The molecule has 0 spiro atoms. The zero-order valence-electron chi connectivity index (χ0n) is 12.7. The van der Waals surface area contributed by atoms with Crippen LogP contribution in [-0.2, 0) is 6.54 Å². The van der Waals surface area contributed by atoms with Gasteiger partial charge in [0.15, 0.2) is 0 Å². The second-order valence-corrected chi connectivity index (χ2v) is 5.72.